The SMILES string of the molecule is CN(C)C(=NCc1ccccc1)NCC1CCCC1O. The molecule has 110 valence electrons. The lowest BCUT2D eigenvalue weighted by molar-refractivity contribution is 0.134. The maximum atomic E-state index is 9.85. The number of nitrogens with zero attached hydrogens (tertiary/aromatic N) is 2. The van der Waals surface area contributed by atoms with Crippen molar-refractivity contribution in [1.82, 2.24) is 10.2 Å². The van der Waals surface area contributed by atoms with Crippen LogP contribution in [0.4, 0.5) is 0 Å². The molecule has 0 amide bonds. The lowest BCUT2D eigenvalue weighted by atomic mass is 10.1. The van der Waals surface area contributed by atoms with E-state index in [0.717, 1.165) is 31.8 Å². The number of aliphatic imine (C=N–C) groups is 1. The maximum absolute atomic E-state index is 9.85. The second-order valence-corrected chi connectivity index (χ2v) is 5.66. The van der Waals surface area contributed by atoms with Crippen molar-refractivity contribution in [1.29, 1.82) is 0 Å². The normalized spacial score (nSPS) is 22.9. The third-order valence-corrected chi connectivity index (χ3v) is 3.82. The minimum Gasteiger partial charge on any atom is -0.393 e. The van der Waals surface area contributed by atoms with Crippen molar-refractivity contribution in [2.75, 3.05) is 20.6 Å². The molecule has 1 aromatic rings. The first kappa shape index (κ1) is 14.9. The highest BCUT2D eigenvalue weighted by atomic mass is 16.3. The highest BCUT2D eigenvalue weighted by Crippen LogP contribution is 2.24. The molecule has 0 aliphatic heterocycles. The number of hydrogen-bond donors (Lipinski definition) is 2. The molecular weight excluding hydrogens is 250 g/mol. The minimum absolute atomic E-state index is 0.153. The van der Waals surface area contributed by atoms with Crippen LogP contribution in [0.1, 0.15) is 24.8 Å². The molecule has 4 heteroatoms. The molecule has 0 radical (unpaired) electrons. The van der Waals surface area contributed by atoms with E-state index in [1.54, 1.807) is 0 Å². The molecule has 1 saturated carbocycles. The first-order valence-electron chi connectivity index (χ1n) is 7.34. The Balaban J connectivity index is 1.89. The van der Waals surface area contributed by atoms with E-state index in [-0.39, 0.29) is 6.10 Å². The van der Waals surface area contributed by atoms with E-state index in [2.05, 4.69) is 22.4 Å². The average Bonchev–Trinajstić information content (AvgIpc) is 2.85. The van der Waals surface area contributed by atoms with Gasteiger partial charge in [-0.25, -0.2) is 4.99 Å². The Kier molecular flexibility index (Phi) is 5.41. The highest BCUT2D eigenvalue weighted by molar-refractivity contribution is 5.79. The van der Waals surface area contributed by atoms with Crippen LogP contribution in [0.25, 0.3) is 0 Å². The molecule has 1 fully saturated rings. The molecule has 1 aliphatic carbocycles. The first-order chi connectivity index (χ1) is 9.66. The van der Waals surface area contributed by atoms with Gasteiger partial charge in [-0.05, 0) is 18.4 Å². The fourth-order valence-corrected chi connectivity index (χ4v) is 2.58. The van der Waals surface area contributed by atoms with E-state index in [1.807, 2.05) is 37.2 Å². The molecule has 2 rings (SSSR count). The van der Waals surface area contributed by atoms with Gasteiger partial charge < -0.3 is 15.3 Å². The third kappa shape index (κ3) is 4.23. The fourth-order valence-electron chi connectivity index (χ4n) is 2.58. The van der Waals surface area contributed by atoms with E-state index in [9.17, 15) is 5.11 Å². The number of benzene rings is 1. The van der Waals surface area contributed by atoms with Crippen molar-refractivity contribution < 1.29 is 5.11 Å². The lowest BCUT2D eigenvalue weighted by Gasteiger charge is -2.21. The molecule has 0 aromatic heterocycles. The van der Waals surface area contributed by atoms with Gasteiger partial charge in [0.05, 0.1) is 12.6 Å². The van der Waals surface area contributed by atoms with Crippen molar-refractivity contribution in [3.63, 3.8) is 0 Å². The van der Waals surface area contributed by atoms with Crippen molar-refractivity contribution in [3.05, 3.63) is 35.9 Å². The van der Waals surface area contributed by atoms with Crippen LogP contribution >= 0.6 is 0 Å². The predicted octanol–water partition coefficient (Wildman–Crippen LogP) is 1.85. The summed E-state index contributed by atoms with van der Waals surface area (Å²) in [5.74, 6) is 1.24. The van der Waals surface area contributed by atoms with Crippen LogP contribution < -0.4 is 5.32 Å². The van der Waals surface area contributed by atoms with E-state index < -0.39 is 0 Å². The molecule has 0 heterocycles. The second-order valence-electron chi connectivity index (χ2n) is 5.66. The molecule has 0 saturated heterocycles. The van der Waals surface area contributed by atoms with Crippen LogP contribution in [0.3, 0.4) is 0 Å². The van der Waals surface area contributed by atoms with Gasteiger partial charge in [0.25, 0.3) is 0 Å². The van der Waals surface area contributed by atoms with Crippen molar-refractivity contribution in [2.45, 2.75) is 31.9 Å². The summed E-state index contributed by atoms with van der Waals surface area (Å²) in [5.41, 5.74) is 1.20. The molecule has 20 heavy (non-hydrogen) atoms. The van der Waals surface area contributed by atoms with Gasteiger partial charge in [-0.2, -0.15) is 0 Å². The summed E-state index contributed by atoms with van der Waals surface area (Å²) in [6.07, 6.45) is 3.02. The zero-order valence-corrected chi connectivity index (χ0v) is 12.4. The Bertz CT molecular complexity index is 431. The molecule has 2 atom stereocenters. The molecular formula is C16H25N3O. The standard InChI is InChI=1S/C16H25N3O/c1-19(2)16(17-11-13-7-4-3-5-8-13)18-12-14-9-6-10-15(14)20/h3-5,7-8,14-15,20H,6,9-12H2,1-2H3,(H,17,18). The first-order valence-corrected chi connectivity index (χ1v) is 7.34. The monoisotopic (exact) mass is 275 g/mol. The van der Waals surface area contributed by atoms with Crippen molar-refractivity contribution in [3.8, 4) is 0 Å². The summed E-state index contributed by atoms with van der Waals surface area (Å²) in [6, 6.07) is 10.2. The van der Waals surface area contributed by atoms with Gasteiger partial charge in [-0.15, -0.1) is 0 Å². The van der Waals surface area contributed by atoms with Crippen LogP contribution in [0.2, 0.25) is 0 Å². The number of rotatable bonds is 4. The Morgan fingerprint density at radius 2 is 2.05 bits per heavy atom. The smallest absolute Gasteiger partial charge is 0.193 e. The Morgan fingerprint density at radius 3 is 2.65 bits per heavy atom. The molecule has 4 nitrogen and oxygen atoms in total. The number of aliphatic hydroxyl groups is 1. The van der Waals surface area contributed by atoms with Crippen LogP contribution in [0.15, 0.2) is 35.3 Å². The predicted molar refractivity (Wildman–Crippen MR) is 82.6 cm³/mol. The maximum Gasteiger partial charge on any atom is 0.193 e. The lowest BCUT2D eigenvalue weighted by Crippen LogP contribution is -2.40. The Labute approximate surface area is 121 Å². The van der Waals surface area contributed by atoms with E-state index >= 15 is 0 Å². The molecule has 0 bridgehead atoms. The van der Waals surface area contributed by atoms with Gasteiger partial charge in [0.1, 0.15) is 0 Å². The number of guanidine groups is 1. The fraction of sp³-hybridized carbons (Fsp3) is 0.562. The van der Waals surface area contributed by atoms with Gasteiger partial charge in [0, 0.05) is 26.6 Å². The van der Waals surface area contributed by atoms with Crippen LogP contribution in [0, 0.1) is 5.92 Å². The summed E-state index contributed by atoms with van der Waals surface area (Å²) in [5, 5.41) is 13.2. The summed E-state index contributed by atoms with van der Waals surface area (Å²) < 4.78 is 0. The summed E-state index contributed by atoms with van der Waals surface area (Å²) in [6.45, 7) is 1.47. The number of nitrogens with one attached hydrogen (secondary N) is 1. The summed E-state index contributed by atoms with van der Waals surface area (Å²) >= 11 is 0. The van der Waals surface area contributed by atoms with Gasteiger partial charge in [0.15, 0.2) is 5.96 Å². The Hall–Kier alpha value is -1.55. The van der Waals surface area contributed by atoms with Crippen LogP contribution in [-0.4, -0.2) is 42.7 Å². The summed E-state index contributed by atoms with van der Waals surface area (Å²) in [4.78, 5) is 6.62. The third-order valence-electron chi connectivity index (χ3n) is 3.82. The molecule has 0 spiro atoms. The van der Waals surface area contributed by atoms with Gasteiger partial charge in [0.2, 0.25) is 0 Å². The van der Waals surface area contributed by atoms with Crippen LogP contribution in [-0.2, 0) is 6.54 Å². The summed E-state index contributed by atoms with van der Waals surface area (Å²) in [7, 11) is 3.98. The quantitative estimate of drug-likeness (QED) is 0.651. The van der Waals surface area contributed by atoms with Crippen molar-refractivity contribution in [2.24, 2.45) is 10.9 Å². The largest absolute Gasteiger partial charge is 0.393 e. The zero-order valence-electron chi connectivity index (χ0n) is 12.4. The highest BCUT2D eigenvalue weighted by Gasteiger charge is 2.25. The van der Waals surface area contributed by atoms with Gasteiger partial charge in [-0.1, -0.05) is 36.8 Å². The van der Waals surface area contributed by atoms with E-state index in [4.69, 9.17) is 0 Å². The van der Waals surface area contributed by atoms with Crippen molar-refractivity contribution >= 4 is 5.96 Å². The molecule has 1 aromatic carbocycles. The zero-order chi connectivity index (χ0) is 14.4. The average molecular weight is 275 g/mol. The second kappa shape index (κ2) is 7.29. The Morgan fingerprint density at radius 1 is 1.30 bits per heavy atom. The minimum atomic E-state index is -0.153. The molecule has 2 N–H and O–H groups in total. The molecule has 1 aliphatic rings. The number of hydrogen-bond acceptors (Lipinski definition) is 2. The van der Waals surface area contributed by atoms with E-state index in [0.29, 0.717) is 12.5 Å². The topological polar surface area (TPSA) is 47.9 Å². The van der Waals surface area contributed by atoms with Gasteiger partial charge >= 0.3 is 0 Å². The van der Waals surface area contributed by atoms with Crippen LogP contribution in [0.5, 0.6) is 0 Å². The number of aliphatic hydroxyl groups excluding tert-OH is 1. The van der Waals surface area contributed by atoms with Gasteiger partial charge in [-0.3, -0.25) is 0 Å². The van der Waals surface area contributed by atoms with E-state index in [1.165, 1.54) is 5.56 Å². The molecule has 2 unspecified atom stereocenters.